The zero-order valence-corrected chi connectivity index (χ0v) is 32.9. The van der Waals surface area contributed by atoms with E-state index >= 15 is 0 Å². The van der Waals surface area contributed by atoms with Crippen LogP contribution in [-0.2, 0) is 36.8 Å². The first-order chi connectivity index (χ1) is 24.7. The lowest BCUT2D eigenvalue weighted by molar-refractivity contribution is -0.135. The lowest BCUT2D eigenvalue weighted by atomic mass is 9.87. The van der Waals surface area contributed by atoms with Crippen molar-refractivity contribution in [3.63, 3.8) is 0 Å². The van der Waals surface area contributed by atoms with Gasteiger partial charge in [0.2, 0.25) is 11.8 Å². The van der Waals surface area contributed by atoms with Gasteiger partial charge in [0.15, 0.2) is 11.6 Å². The first-order valence-electron chi connectivity index (χ1n) is 19.6. The van der Waals surface area contributed by atoms with E-state index in [1.54, 1.807) is 0 Å². The van der Waals surface area contributed by atoms with Gasteiger partial charge < -0.3 is 15.5 Å². The van der Waals surface area contributed by atoms with Crippen molar-refractivity contribution < 1.29 is 24.0 Å². The van der Waals surface area contributed by atoms with E-state index in [1.807, 2.05) is 109 Å². The van der Waals surface area contributed by atoms with Gasteiger partial charge in [0.05, 0.1) is 12.1 Å². The molecule has 0 heterocycles. The van der Waals surface area contributed by atoms with E-state index in [1.165, 1.54) is 0 Å². The van der Waals surface area contributed by atoms with Gasteiger partial charge in [-0.2, -0.15) is 0 Å². The molecule has 1 fully saturated rings. The second-order valence-corrected chi connectivity index (χ2v) is 16.6. The molecular formula is C44H65N3O5. The van der Waals surface area contributed by atoms with Crippen molar-refractivity contribution in [3.8, 4) is 0 Å². The van der Waals surface area contributed by atoms with Crippen LogP contribution >= 0.6 is 0 Å². The molecule has 1 aliphatic rings. The number of nitrogens with one attached hydrogen (secondary N) is 2. The summed E-state index contributed by atoms with van der Waals surface area (Å²) >= 11 is 0. The van der Waals surface area contributed by atoms with Crippen LogP contribution in [0.3, 0.4) is 0 Å². The smallest absolute Gasteiger partial charge is 0.224 e. The highest BCUT2D eigenvalue weighted by molar-refractivity contribution is 5.97. The molecule has 0 saturated heterocycles. The summed E-state index contributed by atoms with van der Waals surface area (Å²) in [5, 5.41) is 6.13. The molecular weight excluding hydrogens is 651 g/mol. The van der Waals surface area contributed by atoms with Crippen LogP contribution in [-0.4, -0.2) is 66.8 Å². The second kappa shape index (κ2) is 21.2. The molecule has 2 amide bonds. The number of Topliss-reactive ketones (excluding diaryl/α,β-unsaturated/α-hetero) is 3. The fraction of sp³-hybridized carbons (Fsp3) is 0.614. The molecule has 2 N–H and O–H groups in total. The normalized spacial score (nSPS) is 15.9. The van der Waals surface area contributed by atoms with Crippen LogP contribution in [0.25, 0.3) is 0 Å². The van der Waals surface area contributed by atoms with E-state index in [0.717, 1.165) is 43.4 Å². The molecule has 1 aliphatic carbocycles. The summed E-state index contributed by atoms with van der Waals surface area (Å²) in [5.74, 6) is -1.66. The molecule has 8 heteroatoms. The van der Waals surface area contributed by atoms with Crippen LogP contribution in [0.5, 0.6) is 0 Å². The number of rotatable bonds is 25. The monoisotopic (exact) mass is 715 g/mol. The van der Waals surface area contributed by atoms with Crippen molar-refractivity contribution in [2.45, 2.75) is 124 Å². The van der Waals surface area contributed by atoms with Crippen LogP contribution in [0, 0.1) is 29.1 Å². The van der Waals surface area contributed by atoms with Crippen molar-refractivity contribution in [2.75, 3.05) is 20.6 Å². The van der Waals surface area contributed by atoms with Gasteiger partial charge in [-0.3, -0.25) is 24.0 Å². The Morgan fingerprint density at radius 1 is 0.712 bits per heavy atom. The van der Waals surface area contributed by atoms with Crippen molar-refractivity contribution in [3.05, 3.63) is 71.8 Å². The molecule has 0 spiro atoms. The van der Waals surface area contributed by atoms with Gasteiger partial charge in [-0.25, -0.2) is 0 Å². The van der Waals surface area contributed by atoms with E-state index in [0.29, 0.717) is 38.5 Å². The third kappa shape index (κ3) is 15.1. The largest absolute Gasteiger partial charge is 0.346 e. The topological polar surface area (TPSA) is 113 Å². The Hall–Kier alpha value is -3.65. The summed E-state index contributed by atoms with van der Waals surface area (Å²) in [7, 11) is 4.02. The number of hydrogen-bond donors (Lipinski definition) is 2. The Morgan fingerprint density at radius 3 is 1.81 bits per heavy atom. The van der Waals surface area contributed by atoms with Gasteiger partial charge >= 0.3 is 0 Å². The fourth-order valence-electron chi connectivity index (χ4n) is 6.86. The third-order valence-corrected chi connectivity index (χ3v) is 10.3. The van der Waals surface area contributed by atoms with Crippen LogP contribution in [0.1, 0.15) is 110 Å². The van der Waals surface area contributed by atoms with Crippen LogP contribution in [0.2, 0.25) is 0 Å². The molecule has 4 atom stereocenters. The highest BCUT2D eigenvalue weighted by Crippen LogP contribution is 2.47. The molecule has 0 bridgehead atoms. The number of benzene rings is 2. The summed E-state index contributed by atoms with van der Waals surface area (Å²) in [6.45, 7) is 11.0. The van der Waals surface area contributed by atoms with Gasteiger partial charge in [-0.1, -0.05) is 95.3 Å². The Balaban J connectivity index is 1.80. The van der Waals surface area contributed by atoms with Gasteiger partial charge in [0.1, 0.15) is 5.78 Å². The molecule has 2 aromatic rings. The highest BCUT2D eigenvalue weighted by atomic mass is 16.2. The summed E-state index contributed by atoms with van der Waals surface area (Å²) < 4.78 is 0. The SMILES string of the molecule is CC(C)CC(NC(=O)C(CC(=O)[C@H](CC(C)C)NC(=O)[C@H](CCc1ccccc1)CC(=O)CCCCN(C)C)Cc1ccccc1)C(=O)C1(C)CC1. The Labute approximate surface area is 313 Å². The molecule has 0 aromatic heterocycles. The van der Waals surface area contributed by atoms with Gasteiger partial charge in [-0.05, 0) is 101 Å². The zero-order chi connectivity index (χ0) is 38.3. The molecule has 286 valence electrons. The third-order valence-electron chi connectivity index (χ3n) is 10.3. The number of carbonyl (C=O) groups excluding carboxylic acids is 5. The number of amides is 2. The minimum atomic E-state index is -0.800. The Bertz CT molecular complexity index is 1430. The molecule has 0 aliphatic heterocycles. The summed E-state index contributed by atoms with van der Waals surface area (Å²) in [5.41, 5.74) is 1.62. The number of aryl methyl sites for hydroxylation is 1. The summed E-state index contributed by atoms with van der Waals surface area (Å²) in [6, 6.07) is 18.1. The van der Waals surface area contributed by atoms with Crippen LogP contribution < -0.4 is 10.6 Å². The quantitative estimate of drug-likeness (QED) is 0.105. The minimum Gasteiger partial charge on any atom is -0.346 e. The van der Waals surface area contributed by atoms with E-state index in [4.69, 9.17) is 0 Å². The number of nitrogens with zero attached hydrogens (tertiary/aromatic N) is 1. The standard InChI is InChI=1S/C44H65N3O5/c1-31(2)26-38(45-42(51)35(22-21-33-16-10-8-11-17-33)29-37(48)20-14-15-25-47(6)7)40(49)30-36(28-34-18-12-9-13-19-34)43(52)46-39(27-32(3)4)41(50)44(5)23-24-44/h8-13,16-19,31-32,35-36,38-39H,14-15,20-30H2,1-7H3,(H,45,51)(H,46,52)/t35-,36?,38+,39?/m1/s1. The predicted molar refractivity (Wildman–Crippen MR) is 209 cm³/mol. The Kier molecular flexibility index (Phi) is 17.4. The highest BCUT2D eigenvalue weighted by Gasteiger charge is 2.48. The second-order valence-electron chi connectivity index (χ2n) is 16.6. The van der Waals surface area contributed by atoms with Crippen LogP contribution in [0.4, 0.5) is 0 Å². The Morgan fingerprint density at radius 2 is 1.25 bits per heavy atom. The van der Waals surface area contributed by atoms with Gasteiger partial charge in [0, 0.05) is 36.5 Å². The average Bonchev–Trinajstić information content (AvgIpc) is 3.85. The van der Waals surface area contributed by atoms with Crippen molar-refractivity contribution >= 4 is 29.2 Å². The number of ketones is 3. The number of unbranched alkanes of at least 4 members (excludes halogenated alkanes) is 1. The van der Waals surface area contributed by atoms with Crippen LogP contribution in [0.15, 0.2) is 60.7 Å². The first-order valence-corrected chi connectivity index (χ1v) is 19.6. The zero-order valence-electron chi connectivity index (χ0n) is 32.9. The first kappa shape index (κ1) is 42.8. The van der Waals surface area contributed by atoms with Crippen molar-refractivity contribution in [2.24, 2.45) is 29.1 Å². The van der Waals surface area contributed by atoms with Crippen molar-refractivity contribution in [1.82, 2.24) is 15.5 Å². The molecule has 2 unspecified atom stereocenters. The van der Waals surface area contributed by atoms with Crippen molar-refractivity contribution in [1.29, 1.82) is 0 Å². The van der Waals surface area contributed by atoms with E-state index in [9.17, 15) is 24.0 Å². The van der Waals surface area contributed by atoms with Gasteiger partial charge in [0.25, 0.3) is 0 Å². The summed E-state index contributed by atoms with van der Waals surface area (Å²) in [4.78, 5) is 71.0. The fourth-order valence-corrected chi connectivity index (χ4v) is 6.86. The number of carbonyl (C=O) groups is 5. The molecule has 3 rings (SSSR count). The summed E-state index contributed by atoms with van der Waals surface area (Å²) in [6.07, 6.45) is 6.24. The van der Waals surface area contributed by atoms with E-state index in [-0.39, 0.29) is 53.8 Å². The lowest BCUT2D eigenvalue weighted by Gasteiger charge is -2.27. The minimum absolute atomic E-state index is 0.0591. The molecule has 0 radical (unpaired) electrons. The molecule has 2 aromatic carbocycles. The van der Waals surface area contributed by atoms with Gasteiger partial charge in [-0.15, -0.1) is 0 Å². The van der Waals surface area contributed by atoms with E-state index in [2.05, 4.69) is 15.5 Å². The lowest BCUT2D eigenvalue weighted by Crippen LogP contribution is -2.49. The maximum absolute atomic E-state index is 14.2. The molecule has 1 saturated carbocycles. The predicted octanol–water partition coefficient (Wildman–Crippen LogP) is 7.18. The number of hydrogen-bond acceptors (Lipinski definition) is 6. The van der Waals surface area contributed by atoms with E-state index < -0.39 is 29.3 Å². The molecule has 8 nitrogen and oxygen atoms in total. The average molecular weight is 716 g/mol. The maximum Gasteiger partial charge on any atom is 0.224 e. The maximum atomic E-state index is 14.2. The molecule has 52 heavy (non-hydrogen) atoms.